The fourth-order valence-corrected chi connectivity index (χ4v) is 0.169. The zero-order chi connectivity index (χ0) is 5.70. The molecule has 0 aromatic heterocycles. The van der Waals surface area contributed by atoms with E-state index in [1.807, 2.05) is 6.92 Å². The van der Waals surface area contributed by atoms with E-state index in [0.717, 1.165) is 6.42 Å². The van der Waals surface area contributed by atoms with Gasteiger partial charge in [-0.2, -0.15) is 0 Å². The molecule has 4 nitrogen and oxygen atoms in total. The molecule has 0 aliphatic rings. The highest BCUT2D eigenvalue weighted by Crippen LogP contribution is 1.81. The molecule has 0 rings (SSSR count). The Morgan fingerprint density at radius 2 is 2.43 bits per heavy atom. The Balaban J connectivity index is 2.68. The Bertz CT molecular complexity index is 39.2. The summed E-state index contributed by atoms with van der Waals surface area (Å²) >= 11 is 0. The van der Waals surface area contributed by atoms with E-state index in [1.165, 1.54) is 0 Å². The Hall–Kier alpha value is -0.160. The molecule has 0 heterocycles. The molecule has 0 spiro atoms. The summed E-state index contributed by atoms with van der Waals surface area (Å²) in [7, 11) is 0. The zero-order valence-electron chi connectivity index (χ0n) is 4.13. The minimum Gasteiger partial charge on any atom is -0.738 e. The van der Waals surface area contributed by atoms with E-state index in [1.54, 1.807) is 0 Å². The van der Waals surface area contributed by atoms with Gasteiger partial charge >= 0.3 is 0 Å². The number of hydrogen-bond acceptors (Lipinski definition) is 4. The molecule has 0 atom stereocenters. The lowest BCUT2D eigenvalue weighted by molar-refractivity contribution is -0.305. The average Bonchev–Trinajstić information content (AvgIpc) is 1.61. The van der Waals surface area contributed by atoms with Gasteiger partial charge in [-0.15, -0.1) is 5.39 Å². The monoisotopic (exact) mass is 106 g/mol. The smallest absolute Gasteiger partial charge is 0.0697 e. The quantitative estimate of drug-likeness (QED) is 0.533. The normalized spacial score (nSPS) is 10.3. The molecule has 7 heavy (non-hydrogen) atoms. The van der Waals surface area contributed by atoms with Crippen LogP contribution in [0.1, 0.15) is 13.3 Å². The zero-order valence-corrected chi connectivity index (χ0v) is 4.13. The first-order valence-corrected chi connectivity index (χ1v) is 2.06. The molecule has 0 unspecified atom stereocenters. The summed E-state index contributed by atoms with van der Waals surface area (Å²) < 4.78 is 0. The first-order chi connectivity index (χ1) is 3.27. The molecule has 0 amide bonds. The fourth-order valence-electron chi connectivity index (χ4n) is 0.169. The van der Waals surface area contributed by atoms with Crippen molar-refractivity contribution in [2.75, 3.05) is 6.61 Å². The van der Waals surface area contributed by atoms with Crippen molar-refractivity contribution in [3.63, 3.8) is 0 Å². The Labute approximate surface area is 41.8 Å². The number of hydrogen-bond donors (Lipinski definition) is 1. The lowest BCUT2D eigenvalue weighted by atomic mass is 10.5. The van der Waals surface area contributed by atoms with Crippen molar-refractivity contribution in [2.24, 2.45) is 0 Å². The lowest BCUT2D eigenvalue weighted by Crippen LogP contribution is -2.11. The van der Waals surface area contributed by atoms with Gasteiger partial charge < -0.3 is 10.4 Å². The Morgan fingerprint density at radius 1 is 1.86 bits per heavy atom. The second-order valence-corrected chi connectivity index (χ2v) is 1.07. The molecule has 0 aromatic rings. The predicted molar refractivity (Wildman–Crippen MR) is 23.2 cm³/mol. The fraction of sp³-hybridized carbons (Fsp3) is 1.00. The van der Waals surface area contributed by atoms with Crippen molar-refractivity contribution in [1.82, 2.24) is 5.39 Å². The molecule has 0 aliphatic carbocycles. The number of nitrogens with zero attached hydrogens (tertiary/aromatic N) is 1. The van der Waals surface area contributed by atoms with Crippen molar-refractivity contribution in [2.45, 2.75) is 13.3 Å². The van der Waals surface area contributed by atoms with Gasteiger partial charge in [0.25, 0.3) is 0 Å². The highest BCUT2D eigenvalue weighted by molar-refractivity contribution is 4.19. The molecule has 44 valence electrons. The van der Waals surface area contributed by atoms with Gasteiger partial charge in [0.1, 0.15) is 0 Å². The lowest BCUT2D eigenvalue weighted by Gasteiger charge is -2.16. The van der Waals surface area contributed by atoms with Gasteiger partial charge in [0.05, 0.1) is 6.61 Å². The van der Waals surface area contributed by atoms with Crippen LogP contribution in [0.2, 0.25) is 0 Å². The maximum Gasteiger partial charge on any atom is 0.0697 e. The van der Waals surface area contributed by atoms with Crippen molar-refractivity contribution >= 4 is 0 Å². The van der Waals surface area contributed by atoms with Gasteiger partial charge in [-0.25, -0.2) is 0 Å². The standard InChI is InChI=1S/C3H8NO3/c1-2-3-7-4(5)6/h5H,2-3H2,1H3/q-1. The molecule has 0 radical (unpaired) electrons. The van der Waals surface area contributed by atoms with Crippen molar-refractivity contribution in [3.05, 3.63) is 5.21 Å². The summed E-state index contributed by atoms with van der Waals surface area (Å²) in [5.74, 6) is 0. The second-order valence-electron chi connectivity index (χ2n) is 1.07. The van der Waals surface area contributed by atoms with Crippen LogP contribution in [0.4, 0.5) is 0 Å². The first-order valence-electron chi connectivity index (χ1n) is 2.06. The molecule has 1 N–H and O–H groups in total. The molecule has 0 saturated heterocycles. The minimum absolute atomic E-state index is 0.264. The van der Waals surface area contributed by atoms with E-state index >= 15 is 0 Å². The minimum atomic E-state index is -0.538. The van der Waals surface area contributed by atoms with Crippen LogP contribution in [-0.4, -0.2) is 17.2 Å². The van der Waals surface area contributed by atoms with Gasteiger partial charge in [-0.3, -0.25) is 4.84 Å². The summed E-state index contributed by atoms with van der Waals surface area (Å²) in [4.78, 5) is 4.02. The van der Waals surface area contributed by atoms with Crippen molar-refractivity contribution < 1.29 is 10.0 Å². The highest BCUT2D eigenvalue weighted by Gasteiger charge is 1.78. The third-order valence-corrected chi connectivity index (χ3v) is 0.406. The van der Waals surface area contributed by atoms with Crippen molar-refractivity contribution in [1.29, 1.82) is 0 Å². The summed E-state index contributed by atoms with van der Waals surface area (Å²) in [6.45, 7) is 2.10. The Kier molecular flexibility index (Phi) is 3.92. The molecule has 0 bridgehead atoms. The average molecular weight is 106 g/mol. The first kappa shape index (κ1) is 6.84. The van der Waals surface area contributed by atoms with Crippen LogP contribution in [0.5, 0.6) is 0 Å². The summed E-state index contributed by atoms with van der Waals surface area (Å²) in [6, 6.07) is 0. The van der Waals surface area contributed by atoms with Crippen LogP contribution < -0.4 is 0 Å². The van der Waals surface area contributed by atoms with E-state index < -0.39 is 5.39 Å². The molecule has 0 saturated carbocycles. The maximum absolute atomic E-state index is 9.45. The van der Waals surface area contributed by atoms with Crippen LogP contribution in [0, 0.1) is 5.21 Å². The highest BCUT2D eigenvalue weighted by atomic mass is 17.1. The third kappa shape index (κ3) is 5.84. The van der Waals surface area contributed by atoms with Crippen LogP contribution in [0.15, 0.2) is 0 Å². The largest absolute Gasteiger partial charge is 0.738 e. The number of rotatable bonds is 3. The van der Waals surface area contributed by atoms with Gasteiger partial charge in [0.2, 0.25) is 0 Å². The summed E-state index contributed by atoms with van der Waals surface area (Å²) in [6.07, 6.45) is 0.722. The Morgan fingerprint density at radius 3 is 2.57 bits per heavy atom. The van der Waals surface area contributed by atoms with E-state index in [0.29, 0.717) is 0 Å². The molecular weight excluding hydrogens is 98.0 g/mol. The van der Waals surface area contributed by atoms with Crippen molar-refractivity contribution in [3.8, 4) is 0 Å². The van der Waals surface area contributed by atoms with Crippen LogP contribution in [0.3, 0.4) is 0 Å². The topological polar surface area (TPSA) is 55.8 Å². The van der Waals surface area contributed by atoms with Gasteiger partial charge in [0.15, 0.2) is 0 Å². The van der Waals surface area contributed by atoms with Gasteiger partial charge in [0, 0.05) is 0 Å². The third-order valence-electron chi connectivity index (χ3n) is 0.406. The summed E-state index contributed by atoms with van der Waals surface area (Å²) in [5, 5.41) is 16.7. The summed E-state index contributed by atoms with van der Waals surface area (Å²) in [5.41, 5.74) is 0. The molecule has 0 aromatic carbocycles. The van der Waals surface area contributed by atoms with E-state index in [-0.39, 0.29) is 6.61 Å². The molecule has 4 heteroatoms. The van der Waals surface area contributed by atoms with E-state index in [2.05, 4.69) is 4.84 Å². The van der Waals surface area contributed by atoms with E-state index in [4.69, 9.17) is 5.21 Å². The second kappa shape index (κ2) is 4.01. The molecule has 0 aliphatic heterocycles. The van der Waals surface area contributed by atoms with Crippen LogP contribution >= 0.6 is 0 Å². The SMILES string of the molecule is CCCON([O-])O. The van der Waals surface area contributed by atoms with Crippen LogP contribution in [0.25, 0.3) is 0 Å². The van der Waals surface area contributed by atoms with E-state index in [9.17, 15) is 5.21 Å². The predicted octanol–water partition coefficient (Wildman–Crippen LogP) is 0.517. The maximum atomic E-state index is 9.45. The van der Waals surface area contributed by atoms with Crippen LogP contribution in [-0.2, 0) is 4.84 Å². The molecule has 0 fully saturated rings. The molecular formula is C3H8NO3-. The van der Waals surface area contributed by atoms with Gasteiger partial charge in [-0.05, 0) is 6.42 Å². The van der Waals surface area contributed by atoms with Gasteiger partial charge in [-0.1, -0.05) is 6.92 Å².